The quantitative estimate of drug-likeness (QED) is 0.715. The highest BCUT2D eigenvalue weighted by Crippen LogP contribution is 2.26. The number of carbonyl (C=O) groups excluding carboxylic acids is 2. The Hall–Kier alpha value is -1.86. The van der Waals surface area contributed by atoms with Gasteiger partial charge in [0.1, 0.15) is 4.34 Å². The lowest BCUT2D eigenvalue weighted by molar-refractivity contribution is -0.135. The molecule has 0 unspecified atom stereocenters. The summed E-state index contributed by atoms with van der Waals surface area (Å²) in [6.07, 6.45) is 0. The number of hydrogen-bond acceptors (Lipinski definition) is 5. The average Bonchev–Trinajstić information content (AvgIpc) is 3.11. The molecule has 0 atom stereocenters. The SMILES string of the molecule is Cc1csc(SCc2ccc(C(=O)N3CCN(C(=O)C(C)C)CC3)cc2)n1. The lowest BCUT2D eigenvalue weighted by Gasteiger charge is -2.35. The first-order valence-corrected chi connectivity index (χ1v) is 11.0. The van der Waals surface area contributed by atoms with Crippen molar-refractivity contribution in [1.29, 1.82) is 0 Å². The van der Waals surface area contributed by atoms with Crippen molar-refractivity contribution in [3.8, 4) is 0 Å². The van der Waals surface area contributed by atoms with E-state index in [-0.39, 0.29) is 17.7 Å². The van der Waals surface area contributed by atoms with Crippen molar-refractivity contribution in [2.45, 2.75) is 30.9 Å². The van der Waals surface area contributed by atoms with Gasteiger partial charge in [0, 0.05) is 54.5 Å². The molecule has 3 rings (SSSR count). The first kappa shape index (κ1) is 19.9. The number of benzene rings is 1. The summed E-state index contributed by atoms with van der Waals surface area (Å²) in [6.45, 7) is 8.25. The van der Waals surface area contributed by atoms with E-state index in [0.29, 0.717) is 31.7 Å². The molecule has 0 aliphatic carbocycles. The maximum Gasteiger partial charge on any atom is 0.253 e. The van der Waals surface area contributed by atoms with Gasteiger partial charge in [-0.05, 0) is 24.6 Å². The Morgan fingerprint density at radius 1 is 1.11 bits per heavy atom. The highest BCUT2D eigenvalue weighted by atomic mass is 32.2. The number of aryl methyl sites for hydroxylation is 1. The summed E-state index contributed by atoms with van der Waals surface area (Å²) >= 11 is 3.38. The summed E-state index contributed by atoms with van der Waals surface area (Å²) in [4.78, 5) is 32.9. The molecule has 2 amide bonds. The molecular formula is C20H25N3O2S2. The van der Waals surface area contributed by atoms with E-state index in [0.717, 1.165) is 15.8 Å². The van der Waals surface area contributed by atoms with Crippen LogP contribution < -0.4 is 0 Å². The van der Waals surface area contributed by atoms with Crippen LogP contribution in [0.15, 0.2) is 34.0 Å². The number of piperazine rings is 1. The Kier molecular flexibility index (Phi) is 6.55. The molecule has 5 nitrogen and oxygen atoms in total. The zero-order chi connectivity index (χ0) is 19.4. The van der Waals surface area contributed by atoms with Crippen molar-refractivity contribution in [2.24, 2.45) is 5.92 Å². The Balaban J connectivity index is 1.52. The van der Waals surface area contributed by atoms with Gasteiger partial charge in [0.25, 0.3) is 5.91 Å². The third kappa shape index (κ3) is 5.11. The van der Waals surface area contributed by atoms with Crippen molar-refractivity contribution in [2.75, 3.05) is 26.2 Å². The van der Waals surface area contributed by atoms with Gasteiger partial charge in [-0.25, -0.2) is 4.98 Å². The van der Waals surface area contributed by atoms with Gasteiger partial charge in [-0.1, -0.05) is 37.7 Å². The molecule has 2 aromatic rings. The molecule has 0 N–H and O–H groups in total. The fourth-order valence-electron chi connectivity index (χ4n) is 2.96. The zero-order valence-electron chi connectivity index (χ0n) is 16.0. The largest absolute Gasteiger partial charge is 0.339 e. The number of hydrogen-bond donors (Lipinski definition) is 0. The monoisotopic (exact) mass is 403 g/mol. The van der Waals surface area contributed by atoms with Crippen LogP contribution >= 0.6 is 23.1 Å². The van der Waals surface area contributed by atoms with Gasteiger partial charge in [-0.2, -0.15) is 0 Å². The van der Waals surface area contributed by atoms with E-state index in [1.54, 1.807) is 23.1 Å². The molecule has 1 aliphatic rings. The van der Waals surface area contributed by atoms with Crippen LogP contribution in [0.3, 0.4) is 0 Å². The third-order valence-electron chi connectivity index (χ3n) is 4.53. The Labute approximate surface area is 168 Å². The molecule has 0 spiro atoms. The van der Waals surface area contributed by atoms with Gasteiger partial charge in [-0.15, -0.1) is 11.3 Å². The van der Waals surface area contributed by atoms with E-state index in [1.807, 2.05) is 54.8 Å². The molecule has 7 heteroatoms. The fourth-order valence-corrected chi connectivity index (χ4v) is 4.77. The van der Waals surface area contributed by atoms with Crippen molar-refractivity contribution < 1.29 is 9.59 Å². The topological polar surface area (TPSA) is 53.5 Å². The molecular weight excluding hydrogens is 378 g/mol. The summed E-state index contributed by atoms with van der Waals surface area (Å²) in [7, 11) is 0. The minimum Gasteiger partial charge on any atom is -0.339 e. The highest BCUT2D eigenvalue weighted by molar-refractivity contribution is 8.00. The number of thiazole rings is 1. The maximum absolute atomic E-state index is 12.7. The van der Waals surface area contributed by atoms with Crippen molar-refractivity contribution in [1.82, 2.24) is 14.8 Å². The van der Waals surface area contributed by atoms with Gasteiger partial charge >= 0.3 is 0 Å². The first-order chi connectivity index (χ1) is 12.9. The second-order valence-electron chi connectivity index (χ2n) is 7.01. The molecule has 1 aliphatic heterocycles. The molecule has 1 fully saturated rings. The van der Waals surface area contributed by atoms with Crippen LogP contribution in [0.4, 0.5) is 0 Å². The highest BCUT2D eigenvalue weighted by Gasteiger charge is 2.25. The van der Waals surface area contributed by atoms with Gasteiger partial charge in [0.05, 0.1) is 0 Å². The second-order valence-corrected chi connectivity index (χ2v) is 9.09. The average molecular weight is 404 g/mol. The molecule has 0 bridgehead atoms. The van der Waals surface area contributed by atoms with Crippen LogP contribution in [-0.4, -0.2) is 52.8 Å². The minimum absolute atomic E-state index is 0.00552. The van der Waals surface area contributed by atoms with Crippen LogP contribution in [0.25, 0.3) is 0 Å². The maximum atomic E-state index is 12.7. The lowest BCUT2D eigenvalue weighted by Crippen LogP contribution is -2.51. The predicted molar refractivity (Wildman–Crippen MR) is 110 cm³/mol. The number of thioether (sulfide) groups is 1. The van der Waals surface area contributed by atoms with E-state index in [9.17, 15) is 9.59 Å². The Morgan fingerprint density at radius 2 is 1.74 bits per heavy atom. The summed E-state index contributed by atoms with van der Waals surface area (Å²) in [5, 5.41) is 2.05. The van der Waals surface area contributed by atoms with E-state index < -0.39 is 0 Å². The van der Waals surface area contributed by atoms with E-state index in [4.69, 9.17) is 0 Å². The summed E-state index contributed by atoms with van der Waals surface area (Å²) in [5.74, 6) is 1.06. The number of amides is 2. The number of rotatable bonds is 5. The van der Waals surface area contributed by atoms with Crippen LogP contribution in [0, 0.1) is 12.8 Å². The van der Waals surface area contributed by atoms with Crippen LogP contribution in [0.1, 0.15) is 35.5 Å². The number of aromatic nitrogens is 1. The molecule has 1 aromatic carbocycles. The van der Waals surface area contributed by atoms with E-state index in [2.05, 4.69) is 10.4 Å². The van der Waals surface area contributed by atoms with Gasteiger partial charge in [0.15, 0.2) is 0 Å². The lowest BCUT2D eigenvalue weighted by atomic mass is 10.1. The molecule has 0 saturated carbocycles. The molecule has 144 valence electrons. The summed E-state index contributed by atoms with van der Waals surface area (Å²) < 4.78 is 1.07. The molecule has 1 aromatic heterocycles. The standard InChI is InChI=1S/C20H25N3O2S2/c1-14(2)18(24)22-8-10-23(11-9-22)19(25)17-6-4-16(5-7-17)13-27-20-21-15(3)12-26-20/h4-7,12,14H,8-11,13H2,1-3H3. The van der Waals surface area contributed by atoms with Gasteiger partial charge in [0.2, 0.25) is 5.91 Å². The third-order valence-corrected chi connectivity index (χ3v) is 6.74. The number of nitrogens with zero attached hydrogens (tertiary/aromatic N) is 3. The predicted octanol–water partition coefficient (Wildman–Crippen LogP) is 3.68. The molecule has 1 saturated heterocycles. The van der Waals surface area contributed by atoms with Crippen molar-refractivity contribution in [3.05, 3.63) is 46.5 Å². The van der Waals surface area contributed by atoms with Crippen LogP contribution in [0.5, 0.6) is 0 Å². The van der Waals surface area contributed by atoms with Gasteiger partial charge < -0.3 is 9.80 Å². The van der Waals surface area contributed by atoms with Crippen LogP contribution in [-0.2, 0) is 10.5 Å². The van der Waals surface area contributed by atoms with E-state index >= 15 is 0 Å². The van der Waals surface area contributed by atoms with Crippen molar-refractivity contribution >= 4 is 34.9 Å². The number of carbonyl (C=O) groups is 2. The smallest absolute Gasteiger partial charge is 0.253 e. The molecule has 2 heterocycles. The fraction of sp³-hybridized carbons (Fsp3) is 0.450. The van der Waals surface area contributed by atoms with Crippen molar-refractivity contribution in [3.63, 3.8) is 0 Å². The zero-order valence-corrected chi connectivity index (χ0v) is 17.6. The van der Waals surface area contributed by atoms with Gasteiger partial charge in [-0.3, -0.25) is 9.59 Å². The first-order valence-electron chi connectivity index (χ1n) is 9.16. The molecule has 27 heavy (non-hydrogen) atoms. The Bertz CT molecular complexity index is 794. The minimum atomic E-state index is 0.00552. The van der Waals surface area contributed by atoms with Crippen LogP contribution in [0.2, 0.25) is 0 Å². The van der Waals surface area contributed by atoms with E-state index in [1.165, 1.54) is 5.56 Å². The normalized spacial score (nSPS) is 14.7. The molecule has 0 radical (unpaired) electrons. The summed E-state index contributed by atoms with van der Waals surface area (Å²) in [5.41, 5.74) is 2.94. The Morgan fingerprint density at radius 3 is 2.30 bits per heavy atom. The summed E-state index contributed by atoms with van der Waals surface area (Å²) in [6, 6.07) is 7.83. The second kappa shape index (κ2) is 8.89.